The molecule has 0 spiro atoms. The molecule has 0 radical (unpaired) electrons. The van der Waals surface area contributed by atoms with E-state index in [1.54, 1.807) is 12.1 Å². The maximum Gasteiger partial charge on any atom is 0.236 e. The lowest BCUT2D eigenvalue weighted by Crippen LogP contribution is -2.50. The van der Waals surface area contributed by atoms with E-state index in [1.165, 1.54) is 4.90 Å². The largest absolute Gasteiger partial charge is 0.352 e. The Morgan fingerprint density at radius 1 is 1.06 bits per heavy atom. The van der Waals surface area contributed by atoms with E-state index in [0.29, 0.717) is 12.0 Å². The number of carbonyl (C=O) groups excluding carboxylic acids is 3. The van der Waals surface area contributed by atoms with Gasteiger partial charge in [-0.3, -0.25) is 19.3 Å². The third-order valence-corrected chi connectivity index (χ3v) is 7.35. The first-order valence-corrected chi connectivity index (χ1v) is 11.5. The molecule has 2 aromatic rings. The van der Waals surface area contributed by atoms with Gasteiger partial charge in [0.25, 0.3) is 0 Å². The molecular weight excluding hydrogens is 456 g/mol. The zero-order chi connectivity index (χ0) is 21.9. The minimum absolute atomic E-state index is 0.116. The van der Waals surface area contributed by atoms with E-state index in [4.69, 9.17) is 0 Å². The van der Waals surface area contributed by atoms with Crippen molar-refractivity contribution in [3.05, 3.63) is 70.2 Å². The molecule has 5 rings (SSSR count). The maximum absolute atomic E-state index is 13.8. The van der Waals surface area contributed by atoms with Gasteiger partial charge in [-0.2, -0.15) is 0 Å². The molecule has 5 atom stereocenters. The van der Waals surface area contributed by atoms with Gasteiger partial charge < -0.3 is 4.90 Å². The first-order chi connectivity index (χ1) is 14.9. The van der Waals surface area contributed by atoms with Gasteiger partial charge in [-0.15, -0.1) is 0 Å². The highest BCUT2D eigenvalue weighted by Crippen LogP contribution is 2.49. The van der Waals surface area contributed by atoms with Crippen LogP contribution in [0.5, 0.6) is 0 Å². The molecule has 0 aliphatic carbocycles. The van der Waals surface area contributed by atoms with Crippen LogP contribution in [0, 0.1) is 11.8 Å². The summed E-state index contributed by atoms with van der Waals surface area (Å²) in [5, 5.41) is 0. The topological polar surface area (TPSA) is 57.7 Å². The molecule has 0 saturated carbocycles. The Balaban J connectivity index is 1.66. The number of carbonyl (C=O) groups is 3. The van der Waals surface area contributed by atoms with E-state index < -0.39 is 17.9 Å². The minimum atomic E-state index is -0.715. The van der Waals surface area contributed by atoms with Crippen LogP contribution in [0.1, 0.15) is 36.2 Å². The normalized spacial score (nSPS) is 27.2. The van der Waals surface area contributed by atoms with Gasteiger partial charge in [0.05, 0.1) is 17.9 Å². The lowest BCUT2D eigenvalue weighted by atomic mass is 9.86. The predicted octanol–water partition coefficient (Wildman–Crippen LogP) is 4.32. The Morgan fingerprint density at radius 3 is 2.48 bits per heavy atom. The van der Waals surface area contributed by atoms with Gasteiger partial charge in [-0.1, -0.05) is 65.3 Å². The monoisotopic (exact) mass is 478 g/mol. The van der Waals surface area contributed by atoms with E-state index in [-0.39, 0.29) is 29.7 Å². The fourth-order valence-corrected chi connectivity index (χ4v) is 5.64. The predicted molar refractivity (Wildman–Crippen MR) is 123 cm³/mol. The number of ketones is 1. The Kier molecular flexibility index (Phi) is 4.85. The molecule has 5 nitrogen and oxygen atoms in total. The van der Waals surface area contributed by atoms with Gasteiger partial charge in [-0.05, 0) is 37.1 Å². The third kappa shape index (κ3) is 2.92. The number of hydrogen-bond donors (Lipinski definition) is 0. The van der Waals surface area contributed by atoms with Crippen LogP contribution in [0.25, 0.3) is 6.08 Å². The number of fused-ring (bicyclic) bond motifs is 5. The molecule has 158 valence electrons. The summed E-state index contributed by atoms with van der Waals surface area (Å²) in [6.45, 7) is 3.86. The number of hydrogen-bond acceptors (Lipinski definition) is 4. The maximum atomic E-state index is 13.8. The number of nitrogens with zero attached hydrogens (tertiary/aromatic N) is 2. The quantitative estimate of drug-likeness (QED) is 0.485. The van der Waals surface area contributed by atoms with Crippen molar-refractivity contribution in [1.82, 2.24) is 4.90 Å². The highest BCUT2D eigenvalue weighted by Gasteiger charge is 2.64. The van der Waals surface area contributed by atoms with Crippen molar-refractivity contribution < 1.29 is 14.4 Å². The summed E-state index contributed by atoms with van der Waals surface area (Å²) in [6, 6.07) is 13.7. The van der Waals surface area contributed by atoms with Crippen molar-refractivity contribution in [3.63, 3.8) is 0 Å². The van der Waals surface area contributed by atoms with Crippen LogP contribution in [0.2, 0.25) is 0 Å². The zero-order valence-corrected chi connectivity index (χ0v) is 19.0. The summed E-state index contributed by atoms with van der Waals surface area (Å²) in [6.07, 6.45) is 4.67. The van der Waals surface area contributed by atoms with Crippen LogP contribution in [0.3, 0.4) is 0 Å². The SMILES string of the molecule is CC[C@H](C)N1C(=O)[C@@H]2[C@H](C1=O)[C@@H]1C=Cc3cc(Br)ccc3N1[C@@H]2C(=O)c1ccccc1. The van der Waals surface area contributed by atoms with Gasteiger partial charge in [0, 0.05) is 21.8 Å². The molecule has 0 bridgehead atoms. The van der Waals surface area contributed by atoms with Gasteiger partial charge >= 0.3 is 0 Å². The zero-order valence-electron chi connectivity index (χ0n) is 17.4. The van der Waals surface area contributed by atoms with Crippen molar-refractivity contribution in [2.24, 2.45) is 11.8 Å². The molecule has 2 saturated heterocycles. The average molecular weight is 479 g/mol. The summed E-state index contributed by atoms with van der Waals surface area (Å²) >= 11 is 3.51. The molecule has 0 N–H and O–H groups in total. The van der Waals surface area contributed by atoms with Crippen LogP contribution in [0.4, 0.5) is 5.69 Å². The second kappa shape index (κ2) is 7.45. The molecule has 2 fully saturated rings. The van der Waals surface area contributed by atoms with Gasteiger partial charge in [0.2, 0.25) is 11.8 Å². The Hall–Kier alpha value is -2.73. The molecular formula is C25H23BrN2O3. The number of Topliss-reactive ketones (excluding diaryl/α,β-unsaturated/α-hetero) is 1. The molecule has 2 aromatic carbocycles. The lowest BCUT2D eigenvalue weighted by Gasteiger charge is -2.37. The van der Waals surface area contributed by atoms with Crippen molar-refractivity contribution in [2.75, 3.05) is 4.90 Å². The van der Waals surface area contributed by atoms with E-state index in [0.717, 1.165) is 15.7 Å². The molecule has 3 aliphatic heterocycles. The number of likely N-dealkylation sites (tertiary alicyclic amines) is 1. The van der Waals surface area contributed by atoms with Crippen molar-refractivity contribution in [2.45, 2.75) is 38.4 Å². The average Bonchev–Trinajstić information content (AvgIpc) is 3.26. The van der Waals surface area contributed by atoms with Crippen LogP contribution in [0.15, 0.2) is 59.1 Å². The summed E-state index contributed by atoms with van der Waals surface area (Å²) in [4.78, 5) is 44.2. The summed E-state index contributed by atoms with van der Waals surface area (Å²) in [7, 11) is 0. The van der Waals surface area contributed by atoms with Crippen molar-refractivity contribution in [1.29, 1.82) is 0 Å². The number of amides is 2. The van der Waals surface area contributed by atoms with Crippen molar-refractivity contribution >= 4 is 45.3 Å². The number of benzene rings is 2. The Bertz CT molecular complexity index is 1110. The summed E-state index contributed by atoms with van der Waals surface area (Å²) in [5.74, 6) is -1.73. The first-order valence-electron chi connectivity index (χ1n) is 10.7. The molecule has 2 amide bonds. The fraction of sp³-hybridized carbons (Fsp3) is 0.320. The van der Waals surface area contributed by atoms with E-state index >= 15 is 0 Å². The third-order valence-electron chi connectivity index (χ3n) is 6.86. The second-order valence-corrected chi connectivity index (χ2v) is 9.41. The van der Waals surface area contributed by atoms with Crippen LogP contribution in [-0.4, -0.2) is 40.6 Å². The van der Waals surface area contributed by atoms with Gasteiger partial charge in [0.1, 0.15) is 6.04 Å². The Morgan fingerprint density at radius 2 is 1.77 bits per heavy atom. The van der Waals surface area contributed by atoms with Gasteiger partial charge in [-0.25, -0.2) is 0 Å². The molecule has 0 aromatic heterocycles. The molecule has 6 heteroatoms. The standard InChI is InChI=1S/C25H23BrN2O3/c1-3-14(2)27-24(30)20-19-11-9-16-13-17(26)10-12-18(16)28(19)22(21(20)25(27)31)23(29)15-7-5-4-6-8-15/h4-14,19-22H,3H2,1-2H3/t14-,19-,20+,21+,22-/m0/s1. The van der Waals surface area contributed by atoms with Crippen LogP contribution in [-0.2, 0) is 9.59 Å². The second-order valence-electron chi connectivity index (χ2n) is 8.49. The van der Waals surface area contributed by atoms with E-state index in [1.807, 2.05) is 67.3 Å². The summed E-state index contributed by atoms with van der Waals surface area (Å²) < 4.78 is 0.940. The molecule has 3 heterocycles. The first kappa shape index (κ1) is 20.2. The van der Waals surface area contributed by atoms with Crippen LogP contribution < -0.4 is 4.90 Å². The highest BCUT2D eigenvalue weighted by atomic mass is 79.9. The van der Waals surface area contributed by atoms with Gasteiger partial charge in [0.15, 0.2) is 5.78 Å². The number of imide groups is 1. The highest BCUT2D eigenvalue weighted by molar-refractivity contribution is 9.10. The molecule has 3 aliphatic rings. The smallest absolute Gasteiger partial charge is 0.236 e. The summed E-state index contributed by atoms with van der Waals surface area (Å²) in [5.41, 5.74) is 2.41. The lowest BCUT2D eigenvalue weighted by molar-refractivity contribution is -0.142. The molecule has 0 unspecified atom stereocenters. The van der Waals surface area contributed by atoms with E-state index in [2.05, 4.69) is 15.9 Å². The minimum Gasteiger partial charge on any atom is -0.352 e. The Labute approximate surface area is 189 Å². The molecule has 31 heavy (non-hydrogen) atoms. The number of halogens is 1. The van der Waals surface area contributed by atoms with Crippen molar-refractivity contribution in [3.8, 4) is 0 Å². The fourth-order valence-electron chi connectivity index (χ4n) is 5.26. The number of rotatable bonds is 4. The van der Waals surface area contributed by atoms with E-state index in [9.17, 15) is 14.4 Å². The van der Waals surface area contributed by atoms with Crippen LogP contribution >= 0.6 is 15.9 Å². The number of anilines is 1.